The molecule has 2 aliphatic carbocycles. The number of benzene rings is 2. The summed E-state index contributed by atoms with van der Waals surface area (Å²) in [6, 6.07) is 8.94. The summed E-state index contributed by atoms with van der Waals surface area (Å²) in [6.45, 7) is 1.50. The third-order valence-corrected chi connectivity index (χ3v) is 7.79. The first-order valence-electron chi connectivity index (χ1n) is 11.8. The van der Waals surface area contributed by atoms with Gasteiger partial charge in [0.05, 0.1) is 28.5 Å². The van der Waals surface area contributed by atoms with E-state index in [-0.39, 0.29) is 52.9 Å². The number of hydrogen-bond acceptors (Lipinski definition) is 15. The van der Waals surface area contributed by atoms with Crippen LogP contribution in [0.5, 0.6) is 11.5 Å². The molecule has 2 aliphatic rings. The van der Waals surface area contributed by atoms with Gasteiger partial charge in [-0.1, -0.05) is 19.6 Å². The van der Waals surface area contributed by atoms with Crippen LogP contribution < -0.4 is 10.5 Å². The number of aliphatic hydroxyl groups excluding tert-OH is 1. The van der Waals surface area contributed by atoms with Crippen LogP contribution in [0, 0.1) is 11.8 Å². The molecule has 0 aliphatic heterocycles. The van der Waals surface area contributed by atoms with Crippen molar-refractivity contribution in [2.24, 2.45) is 32.3 Å². The number of allylic oxidation sites excluding steroid dienone is 5. The van der Waals surface area contributed by atoms with Gasteiger partial charge in [-0.15, -0.1) is 28.0 Å². The fourth-order valence-corrected chi connectivity index (χ4v) is 5.66. The predicted octanol–water partition coefficient (Wildman–Crippen LogP) is 4.63. The number of rotatable bonds is 7. The number of fused-ring (bicyclic) bond motifs is 1. The standard InChI is InChI=1S/C24H23N5O9S2.CH4.Cu.O3S/c1-12-7-13-8-16(39(32,33)34)11-21(40(35,36)37)22(13)24(31)23(12)29-27-17-5-4-15(10-19(17)30)26-28-18-9-14(25)3-6-20(18)38-2;;;1-4(2)3/h3-11,13,22,30-31H,25H2,1-2H3,(H,32,33,34)(H,35,36,37);1H4;;. The zero-order valence-corrected chi connectivity index (χ0v) is 26.2. The van der Waals surface area contributed by atoms with Crippen molar-refractivity contribution in [2.75, 3.05) is 12.8 Å². The number of aliphatic hydroxyl groups is 1. The van der Waals surface area contributed by atoms with E-state index < -0.39 is 58.3 Å². The Morgan fingerprint density at radius 3 is 2.02 bits per heavy atom. The minimum Gasteiger partial charge on any atom is -0.509 e. The van der Waals surface area contributed by atoms with Gasteiger partial charge >= 0.3 is 10.6 Å². The zero-order valence-electron chi connectivity index (χ0n) is 22.8. The molecule has 0 heterocycles. The average Bonchev–Trinajstić information content (AvgIpc) is 2.90. The Morgan fingerprint density at radius 1 is 0.870 bits per heavy atom. The third kappa shape index (κ3) is 9.88. The van der Waals surface area contributed by atoms with Gasteiger partial charge < -0.3 is 20.7 Å². The summed E-state index contributed by atoms with van der Waals surface area (Å²) in [7, 11) is -11.5. The summed E-state index contributed by atoms with van der Waals surface area (Å²) in [5.74, 6) is -3.00. The zero-order chi connectivity index (χ0) is 33.0. The number of nitrogen functional groups attached to an aromatic ring is 1. The van der Waals surface area contributed by atoms with E-state index in [1.165, 1.54) is 38.3 Å². The number of methoxy groups -OCH3 is 1. The van der Waals surface area contributed by atoms with Gasteiger partial charge in [-0.2, -0.15) is 21.9 Å². The molecule has 21 heteroatoms. The normalized spacial score (nSPS) is 17.8. The number of nitrogens with zero attached hydrogens (tertiary/aromatic N) is 4. The number of azo groups is 2. The van der Waals surface area contributed by atoms with Crippen LogP contribution in [0.2, 0.25) is 0 Å². The van der Waals surface area contributed by atoms with Crippen molar-refractivity contribution in [3.63, 3.8) is 0 Å². The van der Waals surface area contributed by atoms with E-state index >= 15 is 0 Å². The first kappa shape index (κ1) is 39.8. The molecule has 0 amide bonds. The molecule has 6 N–H and O–H groups in total. The van der Waals surface area contributed by atoms with Crippen molar-refractivity contribution in [1.82, 2.24) is 0 Å². The van der Waals surface area contributed by atoms with Gasteiger partial charge in [0.15, 0.2) is 0 Å². The number of hydrogen-bond donors (Lipinski definition) is 5. The number of aromatic hydroxyl groups is 1. The molecule has 2 unspecified atom stereocenters. The summed E-state index contributed by atoms with van der Waals surface area (Å²) in [4.78, 5) is -1.60. The van der Waals surface area contributed by atoms with Crippen LogP contribution in [0.25, 0.3) is 0 Å². The van der Waals surface area contributed by atoms with E-state index in [4.69, 9.17) is 23.1 Å². The quantitative estimate of drug-likeness (QED) is 0.112. The predicted molar refractivity (Wildman–Crippen MR) is 160 cm³/mol. The molecule has 46 heavy (non-hydrogen) atoms. The minimum absolute atomic E-state index is 0. The van der Waals surface area contributed by atoms with Crippen LogP contribution in [0.15, 0.2) is 102 Å². The molecule has 0 saturated carbocycles. The van der Waals surface area contributed by atoms with Crippen LogP contribution in [0.3, 0.4) is 0 Å². The Hall–Kier alpha value is -4.24. The number of phenolic OH excluding ortho intramolecular Hbond substituents is 1. The minimum atomic E-state index is -5.00. The molecule has 0 bridgehead atoms. The van der Waals surface area contributed by atoms with Gasteiger partial charge in [0.2, 0.25) is 0 Å². The molecule has 0 aromatic heterocycles. The first-order chi connectivity index (χ1) is 20.4. The molecule has 2 aromatic carbocycles. The van der Waals surface area contributed by atoms with Gasteiger partial charge in [0, 0.05) is 34.7 Å². The molecule has 2 aromatic rings. The smallest absolute Gasteiger partial charge is 0.425 e. The first-order valence-corrected chi connectivity index (χ1v) is 15.7. The summed E-state index contributed by atoms with van der Waals surface area (Å²) < 4.78 is 96.9. The van der Waals surface area contributed by atoms with Gasteiger partial charge in [0.25, 0.3) is 20.2 Å². The van der Waals surface area contributed by atoms with E-state index in [1.807, 2.05) is 0 Å². The second kappa shape index (κ2) is 15.8. The van der Waals surface area contributed by atoms with Crippen LogP contribution in [0.1, 0.15) is 14.4 Å². The maximum absolute atomic E-state index is 12.0. The van der Waals surface area contributed by atoms with Gasteiger partial charge in [-0.05, 0) is 48.9 Å². The van der Waals surface area contributed by atoms with Crippen molar-refractivity contribution in [3.05, 3.63) is 81.5 Å². The van der Waals surface area contributed by atoms with Gasteiger partial charge in [-0.25, -0.2) is 0 Å². The average molecular weight is 749 g/mol. The van der Waals surface area contributed by atoms with E-state index in [9.17, 15) is 36.2 Å². The van der Waals surface area contributed by atoms with E-state index in [0.29, 0.717) is 23.2 Å². The van der Waals surface area contributed by atoms with E-state index in [1.54, 1.807) is 18.2 Å². The van der Waals surface area contributed by atoms with Crippen molar-refractivity contribution in [1.29, 1.82) is 0 Å². The molecule has 0 spiro atoms. The van der Waals surface area contributed by atoms with Crippen LogP contribution >= 0.6 is 0 Å². The number of nitrogens with two attached hydrogens (primary N) is 1. The van der Waals surface area contributed by atoms with E-state index in [2.05, 4.69) is 20.5 Å². The fourth-order valence-electron chi connectivity index (χ4n) is 4.12. The van der Waals surface area contributed by atoms with Crippen molar-refractivity contribution in [3.8, 4) is 11.5 Å². The summed E-state index contributed by atoms with van der Waals surface area (Å²) in [6.07, 6.45) is 3.00. The topological polar surface area (TPSA) is 285 Å². The van der Waals surface area contributed by atoms with E-state index in [0.717, 1.165) is 6.08 Å². The maximum atomic E-state index is 12.0. The second-order valence-corrected chi connectivity index (χ2v) is 12.2. The van der Waals surface area contributed by atoms with Gasteiger partial charge in [-0.3, -0.25) is 9.11 Å². The molecule has 17 nitrogen and oxygen atoms in total. The summed E-state index contributed by atoms with van der Waals surface area (Å²) >= 11 is 0. The van der Waals surface area contributed by atoms with Crippen LogP contribution in [-0.2, 0) is 47.9 Å². The third-order valence-electron chi connectivity index (χ3n) is 5.97. The summed E-state index contributed by atoms with van der Waals surface area (Å²) in [5, 5.41) is 37.4. The monoisotopic (exact) mass is 748 g/mol. The molecular formula is C25H27CuN5O12S3. The maximum Gasteiger partial charge on any atom is 0.425 e. The molecule has 4 rings (SSSR count). The second-order valence-electron chi connectivity index (χ2n) is 8.91. The van der Waals surface area contributed by atoms with Crippen LogP contribution in [-0.4, -0.2) is 55.9 Å². The van der Waals surface area contributed by atoms with Crippen molar-refractivity contribution in [2.45, 2.75) is 14.4 Å². The molecule has 253 valence electrons. The fraction of sp³-hybridized carbons (Fsp3) is 0.200. The largest absolute Gasteiger partial charge is 0.509 e. The Kier molecular flexibility index (Phi) is 13.7. The van der Waals surface area contributed by atoms with Crippen molar-refractivity contribution >= 4 is 53.6 Å². The van der Waals surface area contributed by atoms with Crippen LogP contribution in [0.4, 0.5) is 22.7 Å². The molecule has 0 fully saturated rings. The van der Waals surface area contributed by atoms with Gasteiger partial charge in [0.1, 0.15) is 34.3 Å². The summed E-state index contributed by atoms with van der Waals surface area (Å²) in [5.41, 5.74) is 6.93. The molecular weight excluding hydrogens is 722 g/mol. The molecule has 0 saturated heterocycles. The molecule has 2 atom stereocenters. The SMILES string of the molecule is C.COc1ccc(N)cc1N=Nc1ccc(N=NC2=C(O)C3C(S(=O)(=O)O)=CC(S(=O)(=O)O)=CC3C=C2C)c(O)c1.O=S(=O)=O.[Cu]. The Balaban J connectivity index is 0.00000166. The van der Waals surface area contributed by atoms with Crippen molar-refractivity contribution < 1.29 is 70.6 Å². The number of anilines is 1. The molecule has 1 radical (unpaired) electrons. The Bertz CT molecular complexity index is 2020. The number of phenols is 1. The number of ether oxygens (including phenoxy) is 1. The Labute approximate surface area is 275 Å². The Morgan fingerprint density at radius 2 is 1.48 bits per heavy atom.